The lowest BCUT2D eigenvalue weighted by Crippen LogP contribution is -2.41. The molecule has 0 aliphatic carbocycles. The number of benzene rings is 1. The van der Waals surface area contributed by atoms with Crippen LogP contribution in [-0.2, 0) is 20.3 Å². The van der Waals surface area contributed by atoms with E-state index in [0.29, 0.717) is 0 Å². The minimum atomic E-state index is -1.66. The van der Waals surface area contributed by atoms with Gasteiger partial charge in [0.25, 0.3) is 0 Å². The van der Waals surface area contributed by atoms with Gasteiger partial charge in [0.2, 0.25) is 0 Å². The van der Waals surface area contributed by atoms with Crippen LogP contribution in [0.3, 0.4) is 0 Å². The molecule has 1 aliphatic heterocycles. The summed E-state index contributed by atoms with van der Waals surface area (Å²) >= 11 is 0. The highest BCUT2D eigenvalue weighted by Crippen LogP contribution is 2.37. The molecule has 142 valence electrons. The van der Waals surface area contributed by atoms with Crippen LogP contribution in [0.25, 0.3) is 0 Å². The Morgan fingerprint density at radius 3 is 2.24 bits per heavy atom. The van der Waals surface area contributed by atoms with E-state index in [-0.39, 0.29) is 17.2 Å². The Labute approximate surface area is 155 Å². The normalized spacial score (nSPS) is 23.8. The fourth-order valence-electron chi connectivity index (χ4n) is 3.00. The van der Waals surface area contributed by atoms with Gasteiger partial charge >= 0.3 is 0 Å². The fourth-order valence-corrected chi connectivity index (χ4v) is 4.09. The first kappa shape index (κ1) is 20.6. The second-order valence-corrected chi connectivity index (χ2v) is 14.0. The Bertz CT molecular complexity index is 534. The van der Waals surface area contributed by atoms with Crippen LogP contribution in [-0.4, -0.2) is 32.9 Å². The van der Waals surface area contributed by atoms with Crippen LogP contribution < -0.4 is 0 Å². The summed E-state index contributed by atoms with van der Waals surface area (Å²) in [5.74, 6) is -0.496. The van der Waals surface area contributed by atoms with Crippen LogP contribution in [0.2, 0.25) is 18.1 Å². The maximum atomic E-state index is 6.30. The maximum absolute atomic E-state index is 6.30. The van der Waals surface area contributed by atoms with E-state index in [0.717, 1.165) is 25.9 Å². The van der Waals surface area contributed by atoms with Gasteiger partial charge in [-0.3, -0.25) is 0 Å². The van der Waals surface area contributed by atoms with E-state index in [2.05, 4.69) is 64.2 Å². The molecule has 0 aromatic heterocycles. The molecular weight excluding hydrogens is 328 g/mol. The van der Waals surface area contributed by atoms with Gasteiger partial charge in [-0.25, -0.2) is 0 Å². The molecule has 0 bridgehead atoms. The molecule has 0 saturated carbocycles. The van der Waals surface area contributed by atoms with E-state index in [4.69, 9.17) is 13.9 Å². The Morgan fingerprint density at radius 2 is 1.64 bits per heavy atom. The highest BCUT2D eigenvalue weighted by molar-refractivity contribution is 6.74. The first-order valence-electron chi connectivity index (χ1n) is 9.54. The summed E-state index contributed by atoms with van der Waals surface area (Å²) in [6.45, 7) is 16.3. The third kappa shape index (κ3) is 5.92. The van der Waals surface area contributed by atoms with Crippen molar-refractivity contribution in [1.82, 2.24) is 0 Å². The van der Waals surface area contributed by atoms with Crippen molar-refractivity contribution in [3.8, 4) is 0 Å². The fraction of sp³-hybridized carbons (Fsp3) is 0.714. The molecule has 1 fully saturated rings. The van der Waals surface area contributed by atoms with Gasteiger partial charge in [0.15, 0.2) is 14.1 Å². The Balaban J connectivity index is 1.86. The molecule has 0 radical (unpaired) electrons. The summed E-state index contributed by atoms with van der Waals surface area (Å²) in [5, 5.41) is 0.262. The SMILES string of the molecule is CC1(C)O[C@H](CCCO[Si](C)(C)C(C)(C)C)[C@@H](Cc2ccccc2)O1. The predicted octanol–water partition coefficient (Wildman–Crippen LogP) is 5.55. The van der Waals surface area contributed by atoms with Crippen LogP contribution in [0.5, 0.6) is 0 Å². The minimum Gasteiger partial charge on any atom is -0.417 e. The Kier molecular flexibility index (Phi) is 6.53. The second kappa shape index (κ2) is 7.91. The topological polar surface area (TPSA) is 27.7 Å². The minimum absolute atomic E-state index is 0.116. The van der Waals surface area contributed by atoms with E-state index in [1.54, 1.807) is 0 Å². The largest absolute Gasteiger partial charge is 0.417 e. The van der Waals surface area contributed by atoms with E-state index >= 15 is 0 Å². The van der Waals surface area contributed by atoms with Crippen molar-refractivity contribution in [1.29, 1.82) is 0 Å². The van der Waals surface area contributed by atoms with Gasteiger partial charge in [-0.2, -0.15) is 0 Å². The zero-order valence-electron chi connectivity index (χ0n) is 17.1. The van der Waals surface area contributed by atoms with Gasteiger partial charge < -0.3 is 13.9 Å². The van der Waals surface area contributed by atoms with E-state index < -0.39 is 14.1 Å². The molecular formula is C21H36O3Si. The Hall–Kier alpha value is -0.683. The lowest BCUT2D eigenvalue weighted by atomic mass is 10.0. The van der Waals surface area contributed by atoms with Gasteiger partial charge in [0.1, 0.15) is 0 Å². The van der Waals surface area contributed by atoms with Gasteiger partial charge in [-0.05, 0) is 50.4 Å². The Morgan fingerprint density at radius 1 is 1.04 bits per heavy atom. The van der Waals surface area contributed by atoms with Gasteiger partial charge in [0.05, 0.1) is 12.2 Å². The van der Waals surface area contributed by atoms with Crippen molar-refractivity contribution >= 4 is 8.32 Å². The molecule has 2 rings (SSSR count). The van der Waals surface area contributed by atoms with E-state index in [9.17, 15) is 0 Å². The molecule has 1 aromatic carbocycles. The average Bonchev–Trinajstić information content (AvgIpc) is 2.77. The standard InChI is InChI=1S/C21H36O3Si/c1-20(2,3)25(6,7)22-15-11-14-18-19(24-21(4,5)23-18)16-17-12-9-8-10-13-17/h8-10,12-13,18-19H,11,14-16H2,1-7H3/t18-,19-/m1/s1. The van der Waals surface area contributed by atoms with Crippen LogP contribution in [0.1, 0.15) is 53.0 Å². The quantitative estimate of drug-likeness (QED) is 0.469. The molecule has 3 nitrogen and oxygen atoms in total. The summed E-state index contributed by atoms with van der Waals surface area (Å²) in [6, 6.07) is 10.5. The summed E-state index contributed by atoms with van der Waals surface area (Å²) in [7, 11) is -1.66. The molecule has 1 heterocycles. The third-order valence-corrected chi connectivity index (χ3v) is 10.0. The summed E-state index contributed by atoms with van der Waals surface area (Å²) in [4.78, 5) is 0. The van der Waals surface area contributed by atoms with Gasteiger partial charge in [0, 0.05) is 13.0 Å². The van der Waals surface area contributed by atoms with E-state index in [1.165, 1.54) is 5.56 Å². The molecule has 25 heavy (non-hydrogen) atoms. The van der Waals surface area contributed by atoms with Crippen LogP contribution >= 0.6 is 0 Å². The first-order chi connectivity index (χ1) is 11.5. The molecule has 1 aliphatic rings. The lowest BCUT2D eigenvalue weighted by Gasteiger charge is -2.36. The third-order valence-electron chi connectivity index (χ3n) is 5.47. The number of hydrogen-bond acceptors (Lipinski definition) is 3. The van der Waals surface area contributed by atoms with Crippen molar-refractivity contribution in [3.05, 3.63) is 35.9 Å². The van der Waals surface area contributed by atoms with Gasteiger partial charge in [-0.1, -0.05) is 51.1 Å². The zero-order chi connectivity index (χ0) is 18.7. The molecule has 1 aromatic rings. The number of ether oxygens (including phenoxy) is 2. The van der Waals surface area contributed by atoms with Crippen molar-refractivity contribution in [2.24, 2.45) is 0 Å². The number of rotatable bonds is 7. The average molecular weight is 365 g/mol. The molecule has 4 heteroatoms. The van der Waals surface area contributed by atoms with Crippen LogP contribution in [0, 0.1) is 0 Å². The van der Waals surface area contributed by atoms with Crippen molar-refractivity contribution in [2.75, 3.05) is 6.61 Å². The molecule has 0 N–H and O–H groups in total. The summed E-state index contributed by atoms with van der Waals surface area (Å²) in [5.41, 5.74) is 1.30. The predicted molar refractivity (Wildman–Crippen MR) is 106 cm³/mol. The molecule has 2 atom stereocenters. The van der Waals surface area contributed by atoms with Crippen molar-refractivity contribution in [2.45, 2.75) is 90.0 Å². The number of hydrogen-bond donors (Lipinski definition) is 0. The molecule has 0 spiro atoms. The highest BCUT2D eigenvalue weighted by atomic mass is 28.4. The van der Waals surface area contributed by atoms with Crippen molar-refractivity contribution < 1.29 is 13.9 Å². The summed E-state index contributed by atoms with van der Waals surface area (Å²) in [6.07, 6.45) is 3.15. The monoisotopic (exact) mass is 364 g/mol. The zero-order valence-corrected chi connectivity index (χ0v) is 18.1. The molecule has 0 unspecified atom stereocenters. The van der Waals surface area contributed by atoms with Crippen molar-refractivity contribution in [3.63, 3.8) is 0 Å². The lowest BCUT2D eigenvalue weighted by molar-refractivity contribution is -0.146. The second-order valence-electron chi connectivity index (χ2n) is 9.15. The maximum Gasteiger partial charge on any atom is 0.191 e. The first-order valence-corrected chi connectivity index (χ1v) is 12.4. The molecule has 0 amide bonds. The molecule has 1 saturated heterocycles. The van der Waals surface area contributed by atoms with E-state index in [1.807, 2.05) is 13.8 Å². The van der Waals surface area contributed by atoms with Gasteiger partial charge in [-0.15, -0.1) is 0 Å². The van der Waals surface area contributed by atoms with Crippen LogP contribution in [0.15, 0.2) is 30.3 Å². The highest BCUT2D eigenvalue weighted by Gasteiger charge is 2.41. The summed E-state index contributed by atoms with van der Waals surface area (Å²) < 4.78 is 18.6. The van der Waals surface area contributed by atoms with Crippen LogP contribution in [0.4, 0.5) is 0 Å². The smallest absolute Gasteiger partial charge is 0.191 e.